The molecule has 1 saturated heterocycles. The van der Waals surface area contributed by atoms with Crippen LogP contribution in [0.3, 0.4) is 0 Å². The summed E-state index contributed by atoms with van der Waals surface area (Å²) in [5.74, 6) is 0.431. The van der Waals surface area contributed by atoms with Crippen molar-refractivity contribution in [1.29, 1.82) is 0 Å². The number of carbonyl (C=O) groups excluding carboxylic acids is 2. The molecule has 0 bridgehead atoms. The average Bonchev–Trinajstić information content (AvgIpc) is 3.54. The maximum Gasteiger partial charge on any atom is 0.410 e. The van der Waals surface area contributed by atoms with Crippen LogP contribution in [0, 0.1) is 24.6 Å². The zero-order chi connectivity index (χ0) is 26.1. The number of ether oxygens (including phenoxy) is 2. The molecule has 2 atom stereocenters. The van der Waals surface area contributed by atoms with Gasteiger partial charge < -0.3 is 24.3 Å². The largest absolute Gasteiger partial charge is 0.453 e. The van der Waals surface area contributed by atoms with Crippen molar-refractivity contribution < 1.29 is 28.0 Å². The number of hydrogen-bond acceptors (Lipinski definition) is 7. The molecule has 5 rings (SSSR count). The topological polar surface area (TPSA) is 123 Å². The highest BCUT2D eigenvalue weighted by Gasteiger charge is 2.34. The maximum absolute atomic E-state index is 15.9. The summed E-state index contributed by atoms with van der Waals surface area (Å²) in [5, 5.41) is 6.91. The van der Waals surface area contributed by atoms with Crippen molar-refractivity contribution in [3.63, 3.8) is 0 Å². The fourth-order valence-electron chi connectivity index (χ4n) is 5.44. The van der Waals surface area contributed by atoms with Gasteiger partial charge >= 0.3 is 6.09 Å². The molecule has 0 radical (unpaired) electrons. The van der Waals surface area contributed by atoms with Crippen LogP contribution < -0.4 is 5.32 Å². The highest BCUT2D eigenvalue weighted by atomic mass is 19.1. The summed E-state index contributed by atoms with van der Waals surface area (Å²) in [6.07, 6.45) is 4.74. The number of aromatic nitrogens is 3. The van der Waals surface area contributed by atoms with Gasteiger partial charge in [-0.15, -0.1) is 0 Å². The zero-order valence-corrected chi connectivity index (χ0v) is 21.3. The van der Waals surface area contributed by atoms with Crippen LogP contribution in [0.2, 0.25) is 0 Å². The number of carbonyl (C=O) groups is 2. The third kappa shape index (κ3) is 4.92. The summed E-state index contributed by atoms with van der Waals surface area (Å²) >= 11 is 0. The van der Waals surface area contributed by atoms with Crippen LogP contribution >= 0.6 is 0 Å². The first-order chi connectivity index (χ1) is 17.9. The van der Waals surface area contributed by atoms with Gasteiger partial charge in [0.15, 0.2) is 5.82 Å². The minimum atomic E-state index is -0.627. The molecule has 11 heteroatoms. The molecule has 1 unspecified atom stereocenters. The second kappa shape index (κ2) is 10.5. The molecule has 2 N–H and O–H groups in total. The predicted molar refractivity (Wildman–Crippen MR) is 131 cm³/mol. The third-order valence-corrected chi connectivity index (χ3v) is 7.65. The van der Waals surface area contributed by atoms with E-state index in [0.717, 1.165) is 25.7 Å². The molecule has 2 aromatic heterocycles. The zero-order valence-electron chi connectivity index (χ0n) is 21.3. The molecule has 2 aliphatic rings. The van der Waals surface area contributed by atoms with E-state index in [1.165, 1.54) is 18.3 Å². The Balaban J connectivity index is 1.49. The Labute approximate surface area is 213 Å². The number of nitrogens with one attached hydrogen (secondary N) is 2. The van der Waals surface area contributed by atoms with Gasteiger partial charge in [0.25, 0.3) is 5.91 Å². The fraction of sp³-hybridized carbons (Fsp3) is 0.538. The van der Waals surface area contributed by atoms with Crippen molar-refractivity contribution >= 4 is 23.0 Å². The first-order valence-electron chi connectivity index (χ1n) is 12.7. The van der Waals surface area contributed by atoms with Crippen LogP contribution in [0.4, 0.5) is 9.18 Å². The van der Waals surface area contributed by atoms with Gasteiger partial charge in [-0.05, 0) is 37.7 Å². The molecule has 198 valence electrons. The number of aromatic amines is 1. The van der Waals surface area contributed by atoms with Gasteiger partial charge in [0.2, 0.25) is 0 Å². The predicted octanol–water partition coefficient (Wildman–Crippen LogP) is 4.44. The Morgan fingerprint density at radius 2 is 2.05 bits per heavy atom. The molecule has 10 nitrogen and oxygen atoms in total. The van der Waals surface area contributed by atoms with Crippen LogP contribution in [0.25, 0.3) is 11.0 Å². The minimum Gasteiger partial charge on any atom is -0.453 e. The van der Waals surface area contributed by atoms with Crippen LogP contribution in [-0.4, -0.2) is 58.9 Å². The summed E-state index contributed by atoms with van der Waals surface area (Å²) in [6.45, 7) is 4.76. The van der Waals surface area contributed by atoms with Gasteiger partial charge in [0.1, 0.15) is 23.2 Å². The number of rotatable bonds is 5. The number of fused-ring (bicyclic) bond motifs is 1. The van der Waals surface area contributed by atoms with Crippen molar-refractivity contribution in [2.75, 3.05) is 26.9 Å². The summed E-state index contributed by atoms with van der Waals surface area (Å²) in [4.78, 5) is 34.8. The molecule has 2 amide bonds. The van der Waals surface area contributed by atoms with E-state index in [1.54, 1.807) is 19.1 Å². The number of halogens is 1. The van der Waals surface area contributed by atoms with Crippen molar-refractivity contribution in [3.8, 4) is 0 Å². The number of amides is 2. The molecule has 0 spiro atoms. The van der Waals surface area contributed by atoms with Gasteiger partial charge in [-0.25, -0.2) is 14.2 Å². The molecular formula is C26H32FN5O5. The van der Waals surface area contributed by atoms with E-state index < -0.39 is 24.0 Å². The van der Waals surface area contributed by atoms with Crippen LogP contribution in [0.1, 0.15) is 72.1 Å². The number of benzene rings is 1. The van der Waals surface area contributed by atoms with E-state index in [4.69, 9.17) is 14.0 Å². The average molecular weight is 514 g/mol. The van der Waals surface area contributed by atoms with Crippen LogP contribution in [0.5, 0.6) is 0 Å². The summed E-state index contributed by atoms with van der Waals surface area (Å²) in [6, 6.07) is 2.33. The number of nitrogens with zero attached hydrogens (tertiary/aromatic N) is 3. The molecule has 1 aliphatic heterocycles. The van der Waals surface area contributed by atoms with Crippen LogP contribution in [-0.2, 0) is 9.47 Å². The number of H-pyrrole nitrogens is 1. The Morgan fingerprint density at radius 3 is 2.76 bits per heavy atom. The second-order valence-corrected chi connectivity index (χ2v) is 10.0. The minimum absolute atomic E-state index is 0.143. The van der Waals surface area contributed by atoms with E-state index >= 15 is 4.39 Å². The number of methoxy groups -OCH3 is 1. The number of imidazole rings is 1. The Hall–Kier alpha value is -3.47. The molecule has 37 heavy (non-hydrogen) atoms. The Kier molecular flexibility index (Phi) is 7.14. The SMILES string of the molecule is COC(=O)N1CCOCC1c1ccc2[nH]c([C@@H](NC(=O)c3conc3C)[C@H]3CC[C@H](C)CC3)nc2c1F. The molecule has 3 aromatic rings. The highest BCUT2D eigenvalue weighted by Crippen LogP contribution is 2.38. The Bertz CT molecular complexity index is 1280. The van der Waals surface area contributed by atoms with Crippen LogP contribution in [0.15, 0.2) is 22.9 Å². The standard InChI is InChI=1S/C26H32FN5O5/c1-14-4-6-16(7-5-14)22(30-25(33)18-12-37-31-15(18)2)24-28-19-9-8-17(21(27)23(19)29-24)20-13-36-11-10-32(20)26(34)35-3/h8-9,12,14,16,20,22H,4-7,10-11,13H2,1-3H3,(H,28,29)(H,30,33)/t14-,16-,20?,22-/m0/s1. The molecular weight excluding hydrogens is 481 g/mol. The molecule has 2 fully saturated rings. The van der Waals surface area contributed by atoms with Gasteiger partial charge in [0.05, 0.1) is 43.6 Å². The molecule has 1 aromatic carbocycles. The van der Waals surface area contributed by atoms with Gasteiger partial charge in [-0.3, -0.25) is 9.69 Å². The monoisotopic (exact) mass is 513 g/mol. The van der Waals surface area contributed by atoms with Crippen molar-refractivity contribution in [2.45, 2.75) is 51.6 Å². The number of aryl methyl sites for hydroxylation is 1. The first-order valence-corrected chi connectivity index (χ1v) is 12.7. The lowest BCUT2D eigenvalue weighted by atomic mass is 9.79. The van der Waals surface area contributed by atoms with E-state index in [9.17, 15) is 9.59 Å². The third-order valence-electron chi connectivity index (χ3n) is 7.65. The fourth-order valence-corrected chi connectivity index (χ4v) is 5.44. The first kappa shape index (κ1) is 25.2. The summed E-state index contributed by atoms with van der Waals surface area (Å²) in [7, 11) is 1.30. The molecule has 1 saturated carbocycles. The van der Waals surface area contributed by atoms with Crippen molar-refractivity contribution in [2.24, 2.45) is 11.8 Å². The summed E-state index contributed by atoms with van der Waals surface area (Å²) in [5.41, 5.74) is 1.84. The van der Waals surface area contributed by atoms with Gasteiger partial charge in [0, 0.05) is 12.1 Å². The second-order valence-electron chi connectivity index (χ2n) is 10.0. The number of hydrogen-bond donors (Lipinski definition) is 2. The van der Waals surface area contributed by atoms with Gasteiger partial charge in [-0.2, -0.15) is 0 Å². The lowest BCUT2D eigenvalue weighted by molar-refractivity contribution is -0.00628. The number of morpholine rings is 1. The normalized spacial score (nSPS) is 23.1. The van der Waals surface area contributed by atoms with E-state index in [0.29, 0.717) is 47.2 Å². The van der Waals surface area contributed by atoms with E-state index in [1.807, 2.05) is 0 Å². The Morgan fingerprint density at radius 1 is 1.27 bits per heavy atom. The maximum atomic E-state index is 15.9. The molecule has 1 aliphatic carbocycles. The quantitative estimate of drug-likeness (QED) is 0.517. The summed E-state index contributed by atoms with van der Waals surface area (Å²) < 4.78 is 31.3. The van der Waals surface area contributed by atoms with E-state index in [-0.39, 0.29) is 23.9 Å². The van der Waals surface area contributed by atoms with Crippen molar-refractivity contribution in [1.82, 2.24) is 25.3 Å². The van der Waals surface area contributed by atoms with E-state index in [2.05, 4.69) is 27.4 Å². The lowest BCUT2D eigenvalue weighted by Gasteiger charge is -2.34. The lowest BCUT2D eigenvalue weighted by Crippen LogP contribution is -2.43. The van der Waals surface area contributed by atoms with Gasteiger partial charge in [-0.1, -0.05) is 31.0 Å². The highest BCUT2D eigenvalue weighted by molar-refractivity contribution is 5.95. The molecule has 3 heterocycles. The smallest absolute Gasteiger partial charge is 0.410 e. The van der Waals surface area contributed by atoms with Crippen molar-refractivity contribution in [3.05, 3.63) is 46.9 Å².